The highest BCUT2D eigenvalue weighted by atomic mass is 16.5. The Balaban J connectivity index is 1.97. The van der Waals surface area contributed by atoms with Gasteiger partial charge >= 0.3 is 5.97 Å². The Morgan fingerprint density at radius 2 is 1.90 bits per heavy atom. The number of benzene rings is 1. The number of methoxy groups -OCH3 is 3. The van der Waals surface area contributed by atoms with Crippen LogP contribution in [-0.4, -0.2) is 33.4 Å². The molecule has 0 N–H and O–H groups in total. The Morgan fingerprint density at radius 1 is 1.14 bits per heavy atom. The van der Waals surface area contributed by atoms with Crippen molar-refractivity contribution in [3.05, 3.63) is 35.6 Å². The maximum atomic E-state index is 11.4. The molecule has 0 spiro atoms. The van der Waals surface area contributed by atoms with E-state index in [-0.39, 0.29) is 12.1 Å². The van der Waals surface area contributed by atoms with Crippen molar-refractivity contribution < 1.29 is 23.7 Å². The summed E-state index contributed by atoms with van der Waals surface area (Å²) in [7, 11) is 4.79. The molecule has 0 aromatic heterocycles. The Kier molecular flexibility index (Phi) is 5.09. The van der Waals surface area contributed by atoms with Crippen molar-refractivity contribution in [3.63, 3.8) is 0 Å². The van der Waals surface area contributed by atoms with Crippen molar-refractivity contribution >= 4 is 5.97 Å². The van der Waals surface area contributed by atoms with Crippen LogP contribution in [0.2, 0.25) is 0 Å². The highest BCUT2D eigenvalue weighted by Crippen LogP contribution is 2.29. The second-order valence-corrected chi connectivity index (χ2v) is 4.81. The number of hydrogen-bond acceptors (Lipinski definition) is 5. The van der Waals surface area contributed by atoms with Gasteiger partial charge in [0, 0.05) is 6.42 Å². The number of aryl methyl sites for hydroxylation is 1. The number of ether oxygens (including phenoxy) is 4. The molecule has 5 heteroatoms. The molecule has 114 valence electrons. The average molecular weight is 292 g/mol. The molecule has 1 heterocycles. The minimum absolute atomic E-state index is 0.148. The first-order valence-corrected chi connectivity index (χ1v) is 6.82. The summed E-state index contributed by atoms with van der Waals surface area (Å²) < 4.78 is 20.9. The van der Waals surface area contributed by atoms with Crippen molar-refractivity contribution in [2.75, 3.05) is 21.3 Å². The van der Waals surface area contributed by atoms with Gasteiger partial charge in [-0.2, -0.15) is 0 Å². The van der Waals surface area contributed by atoms with E-state index in [9.17, 15) is 4.79 Å². The van der Waals surface area contributed by atoms with Crippen LogP contribution >= 0.6 is 0 Å². The van der Waals surface area contributed by atoms with Crippen molar-refractivity contribution in [2.45, 2.75) is 25.4 Å². The van der Waals surface area contributed by atoms with Gasteiger partial charge in [0.05, 0.1) is 27.4 Å². The van der Waals surface area contributed by atoms with Crippen LogP contribution in [0.1, 0.15) is 18.4 Å². The molecule has 1 atom stereocenters. The number of esters is 1. The van der Waals surface area contributed by atoms with E-state index in [1.165, 1.54) is 6.08 Å². The summed E-state index contributed by atoms with van der Waals surface area (Å²) in [6, 6.07) is 5.80. The van der Waals surface area contributed by atoms with Crippen molar-refractivity contribution in [3.8, 4) is 11.5 Å². The molecule has 1 aromatic carbocycles. The van der Waals surface area contributed by atoms with Crippen LogP contribution in [0.15, 0.2) is 30.0 Å². The van der Waals surface area contributed by atoms with E-state index in [2.05, 4.69) is 0 Å². The molecular weight excluding hydrogens is 272 g/mol. The summed E-state index contributed by atoms with van der Waals surface area (Å²) >= 11 is 0. The predicted molar refractivity (Wildman–Crippen MR) is 77.5 cm³/mol. The molecule has 2 rings (SSSR count). The number of rotatable bonds is 6. The molecule has 0 fully saturated rings. The molecule has 0 bridgehead atoms. The number of carbonyl (C=O) groups excluding carboxylic acids is 1. The van der Waals surface area contributed by atoms with E-state index in [1.54, 1.807) is 21.3 Å². The van der Waals surface area contributed by atoms with Crippen molar-refractivity contribution in [2.24, 2.45) is 0 Å². The van der Waals surface area contributed by atoms with Gasteiger partial charge in [0.15, 0.2) is 11.5 Å². The highest BCUT2D eigenvalue weighted by Gasteiger charge is 2.22. The van der Waals surface area contributed by atoms with Gasteiger partial charge < -0.3 is 18.9 Å². The smallest absolute Gasteiger partial charge is 0.334 e. The van der Waals surface area contributed by atoms with E-state index in [0.717, 1.165) is 18.4 Å². The number of cyclic esters (lactones) is 1. The molecule has 21 heavy (non-hydrogen) atoms. The third-order valence-electron chi connectivity index (χ3n) is 3.46. The molecule has 0 amide bonds. The molecule has 1 unspecified atom stereocenters. The van der Waals surface area contributed by atoms with Crippen LogP contribution in [-0.2, 0) is 20.7 Å². The minimum atomic E-state index is -0.338. The number of hydrogen-bond donors (Lipinski definition) is 0. The third-order valence-corrected chi connectivity index (χ3v) is 3.46. The second kappa shape index (κ2) is 7.02. The van der Waals surface area contributed by atoms with Gasteiger partial charge in [0.25, 0.3) is 0 Å². The van der Waals surface area contributed by atoms with E-state index < -0.39 is 0 Å². The van der Waals surface area contributed by atoms with Gasteiger partial charge in [-0.1, -0.05) is 6.07 Å². The fourth-order valence-electron chi connectivity index (χ4n) is 2.32. The van der Waals surface area contributed by atoms with Gasteiger partial charge in [-0.15, -0.1) is 0 Å². The van der Waals surface area contributed by atoms with E-state index in [0.29, 0.717) is 23.7 Å². The minimum Gasteiger partial charge on any atom is -0.501 e. The molecule has 0 radical (unpaired) electrons. The lowest BCUT2D eigenvalue weighted by atomic mass is 10.0. The summed E-state index contributed by atoms with van der Waals surface area (Å²) in [5.41, 5.74) is 1.11. The van der Waals surface area contributed by atoms with Crippen LogP contribution in [0.25, 0.3) is 0 Å². The molecule has 1 aliphatic rings. The Morgan fingerprint density at radius 3 is 2.57 bits per heavy atom. The Labute approximate surface area is 124 Å². The van der Waals surface area contributed by atoms with Gasteiger partial charge in [-0.3, -0.25) is 0 Å². The lowest BCUT2D eigenvalue weighted by molar-refractivity contribution is -0.145. The molecule has 1 aromatic rings. The predicted octanol–water partition coefficient (Wildman–Crippen LogP) is 2.48. The van der Waals surface area contributed by atoms with E-state index >= 15 is 0 Å². The van der Waals surface area contributed by atoms with Crippen LogP contribution in [0.5, 0.6) is 11.5 Å². The van der Waals surface area contributed by atoms with Crippen LogP contribution in [0.3, 0.4) is 0 Å². The topological polar surface area (TPSA) is 54.0 Å². The lowest BCUT2D eigenvalue weighted by Crippen LogP contribution is -2.23. The monoisotopic (exact) mass is 292 g/mol. The first-order chi connectivity index (χ1) is 10.2. The maximum Gasteiger partial charge on any atom is 0.334 e. The highest BCUT2D eigenvalue weighted by molar-refractivity contribution is 5.83. The third kappa shape index (κ3) is 3.90. The average Bonchev–Trinajstić information content (AvgIpc) is 2.52. The Hall–Kier alpha value is -2.17. The van der Waals surface area contributed by atoms with Gasteiger partial charge in [-0.05, 0) is 30.5 Å². The zero-order valence-electron chi connectivity index (χ0n) is 12.5. The molecule has 1 aliphatic heterocycles. The zero-order valence-corrected chi connectivity index (χ0v) is 12.5. The molecule has 0 saturated carbocycles. The second-order valence-electron chi connectivity index (χ2n) is 4.81. The fourth-order valence-corrected chi connectivity index (χ4v) is 2.32. The maximum absolute atomic E-state index is 11.4. The summed E-state index contributed by atoms with van der Waals surface area (Å²) in [6.45, 7) is 0. The van der Waals surface area contributed by atoms with Gasteiger partial charge in [0.2, 0.25) is 0 Å². The molecule has 0 aliphatic carbocycles. The van der Waals surface area contributed by atoms with Crippen LogP contribution in [0.4, 0.5) is 0 Å². The Bertz CT molecular complexity index is 535. The number of carbonyl (C=O) groups is 1. The first-order valence-electron chi connectivity index (χ1n) is 6.82. The molecule has 5 nitrogen and oxygen atoms in total. The van der Waals surface area contributed by atoms with Crippen molar-refractivity contribution in [1.82, 2.24) is 0 Å². The summed E-state index contributed by atoms with van der Waals surface area (Å²) in [4.78, 5) is 11.4. The standard InChI is InChI=1S/C16H20O5/c1-18-13-9-12(21-16(17)10-13)6-4-11-5-7-14(19-2)15(8-11)20-3/h5,7-8,10,12H,4,6,9H2,1-3H3. The first kappa shape index (κ1) is 15.2. The fraction of sp³-hybridized carbons (Fsp3) is 0.438. The lowest BCUT2D eigenvalue weighted by Gasteiger charge is -2.22. The van der Waals surface area contributed by atoms with Crippen molar-refractivity contribution in [1.29, 1.82) is 0 Å². The SMILES string of the molecule is COC1=CC(=O)OC(CCc2ccc(OC)c(OC)c2)C1. The van der Waals surface area contributed by atoms with Gasteiger partial charge in [-0.25, -0.2) is 4.79 Å². The van der Waals surface area contributed by atoms with Crippen LogP contribution < -0.4 is 9.47 Å². The summed E-state index contributed by atoms with van der Waals surface area (Å²) in [5.74, 6) is 1.74. The summed E-state index contributed by atoms with van der Waals surface area (Å²) in [6.07, 6.45) is 3.39. The molecule has 0 saturated heterocycles. The van der Waals surface area contributed by atoms with E-state index in [4.69, 9.17) is 18.9 Å². The van der Waals surface area contributed by atoms with E-state index in [1.807, 2.05) is 18.2 Å². The molecular formula is C16H20O5. The quantitative estimate of drug-likeness (QED) is 0.754. The zero-order chi connectivity index (χ0) is 15.2. The van der Waals surface area contributed by atoms with Crippen LogP contribution in [0, 0.1) is 0 Å². The summed E-state index contributed by atoms with van der Waals surface area (Å²) in [5, 5.41) is 0. The normalized spacial score (nSPS) is 17.8. The van der Waals surface area contributed by atoms with Gasteiger partial charge in [0.1, 0.15) is 11.9 Å². The largest absolute Gasteiger partial charge is 0.501 e.